The summed E-state index contributed by atoms with van der Waals surface area (Å²) < 4.78 is 38.9. The molecule has 0 bridgehead atoms. The molecule has 0 saturated heterocycles. The molecule has 0 aliphatic rings. The van der Waals surface area contributed by atoms with E-state index in [9.17, 15) is 18.0 Å². The lowest BCUT2D eigenvalue weighted by Gasteiger charge is -2.14. The third-order valence-electron chi connectivity index (χ3n) is 2.05. The molecule has 1 aromatic heterocycles. The number of alkyl halides is 3. The molecule has 0 N–H and O–H groups in total. The summed E-state index contributed by atoms with van der Waals surface area (Å²) in [6, 6.07) is 0. The predicted molar refractivity (Wildman–Crippen MR) is 49.5 cm³/mol. The minimum Gasteiger partial charge on any atom is -0.356 e. The lowest BCUT2D eigenvalue weighted by atomic mass is 10.2. The van der Waals surface area contributed by atoms with Gasteiger partial charge in [-0.15, -0.1) is 0 Å². The fourth-order valence-electron chi connectivity index (χ4n) is 1.23. The van der Waals surface area contributed by atoms with Crippen molar-refractivity contribution in [3.63, 3.8) is 0 Å². The van der Waals surface area contributed by atoms with Gasteiger partial charge in [0.05, 0.1) is 18.2 Å². The zero-order valence-electron chi connectivity index (χ0n) is 9.00. The highest BCUT2D eigenvalue weighted by molar-refractivity contribution is 5.95. The molecule has 0 aliphatic heterocycles. The van der Waals surface area contributed by atoms with Gasteiger partial charge >= 0.3 is 6.18 Å². The minimum absolute atomic E-state index is 0.431. The Balaban J connectivity index is 3.19. The SMILES string of the molecule is CON(C)C(=O)c1cn(C)cc1C(F)(F)F. The van der Waals surface area contributed by atoms with Crippen LogP contribution in [0.1, 0.15) is 15.9 Å². The number of hydroxylamine groups is 2. The van der Waals surface area contributed by atoms with Crippen LogP contribution in [0.4, 0.5) is 13.2 Å². The first-order valence-electron chi connectivity index (χ1n) is 4.32. The Morgan fingerprint density at radius 3 is 2.44 bits per heavy atom. The van der Waals surface area contributed by atoms with Crippen molar-refractivity contribution in [2.24, 2.45) is 7.05 Å². The van der Waals surface area contributed by atoms with E-state index in [0.29, 0.717) is 0 Å². The Morgan fingerprint density at radius 1 is 1.44 bits per heavy atom. The fourth-order valence-corrected chi connectivity index (χ4v) is 1.23. The van der Waals surface area contributed by atoms with Gasteiger partial charge in [0.2, 0.25) is 0 Å². The summed E-state index contributed by atoms with van der Waals surface area (Å²) in [5.41, 5.74) is -1.40. The fraction of sp³-hybridized carbons (Fsp3) is 0.444. The number of nitrogens with zero attached hydrogens (tertiary/aromatic N) is 2. The molecule has 0 aromatic carbocycles. The van der Waals surface area contributed by atoms with Gasteiger partial charge in [0.1, 0.15) is 0 Å². The Labute approximate surface area is 90.2 Å². The van der Waals surface area contributed by atoms with Gasteiger partial charge in [-0.2, -0.15) is 13.2 Å². The van der Waals surface area contributed by atoms with Crippen LogP contribution in [0, 0.1) is 0 Å². The maximum atomic E-state index is 12.6. The zero-order chi connectivity index (χ0) is 12.5. The first-order chi connectivity index (χ1) is 7.27. The third-order valence-corrected chi connectivity index (χ3v) is 2.05. The van der Waals surface area contributed by atoms with E-state index in [1.54, 1.807) is 0 Å². The highest BCUT2D eigenvalue weighted by Crippen LogP contribution is 2.32. The number of halogens is 3. The van der Waals surface area contributed by atoms with Crippen LogP contribution in [0.15, 0.2) is 12.4 Å². The second-order valence-corrected chi connectivity index (χ2v) is 3.23. The molecular formula is C9H11F3N2O2. The molecule has 0 fully saturated rings. The molecule has 1 aromatic rings. The number of carbonyl (C=O) groups excluding carboxylic acids is 1. The van der Waals surface area contributed by atoms with Gasteiger partial charge in [0.15, 0.2) is 0 Å². The van der Waals surface area contributed by atoms with Crippen molar-refractivity contribution in [3.8, 4) is 0 Å². The van der Waals surface area contributed by atoms with Crippen LogP contribution >= 0.6 is 0 Å². The standard InChI is InChI=1S/C9H11F3N2O2/c1-13-4-6(8(15)14(2)16-3)7(5-13)9(10,11)12/h4-5H,1-3H3. The van der Waals surface area contributed by atoms with Gasteiger partial charge in [-0.25, -0.2) is 5.06 Å². The van der Waals surface area contributed by atoms with E-state index in [-0.39, 0.29) is 0 Å². The smallest absolute Gasteiger partial charge is 0.356 e. The predicted octanol–water partition coefficient (Wildman–Crippen LogP) is 1.68. The Bertz CT molecular complexity index is 398. The van der Waals surface area contributed by atoms with Crippen molar-refractivity contribution in [2.75, 3.05) is 14.2 Å². The number of aromatic nitrogens is 1. The van der Waals surface area contributed by atoms with Crippen LogP contribution in [0.3, 0.4) is 0 Å². The van der Waals surface area contributed by atoms with Gasteiger partial charge in [0, 0.05) is 26.5 Å². The van der Waals surface area contributed by atoms with E-state index >= 15 is 0 Å². The number of aryl methyl sites for hydroxylation is 1. The van der Waals surface area contributed by atoms with Crippen molar-refractivity contribution in [1.82, 2.24) is 9.63 Å². The van der Waals surface area contributed by atoms with Gasteiger partial charge in [-0.05, 0) is 0 Å². The maximum absolute atomic E-state index is 12.6. The minimum atomic E-state index is -4.55. The van der Waals surface area contributed by atoms with Crippen LogP contribution in [0.25, 0.3) is 0 Å². The molecule has 0 saturated carbocycles. The molecule has 16 heavy (non-hydrogen) atoms. The lowest BCUT2D eigenvalue weighted by molar-refractivity contribution is -0.138. The molecule has 0 radical (unpaired) electrons. The molecule has 1 heterocycles. The summed E-state index contributed by atoms with van der Waals surface area (Å²) in [6.07, 6.45) is -2.59. The summed E-state index contributed by atoms with van der Waals surface area (Å²) in [4.78, 5) is 16.1. The van der Waals surface area contributed by atoms with E-state index in [1.807, 2.05) is 0 Å². The van der Waals surface area contributed by atoms with Crippen LogP contribution in [0.2, 0.25) is 0 Å². The van der Waals surface area contributed by atoms with E-state index in [0.717, 1.165) is 17.5 Å². The number of carbonyl (C=O) groups is 1. The highest BCUT2D eigenvalue weighted by Gasteiger charge is 2.37. The number of rotatable bonds is 2. The second kappa shape index (κ2) is 4.17. The Morgan fingerprint density at radius 2 is 2.00 bits per heavy atom. The average Bonchev–Trinajstić information content (AvgIpc) is 2.57. The van der Waals surface area contributed by atoms with E-state index in [4.69, 9.17) is 0 Å². The van der Waals surface area contributed by atoms with Crippen molar-refractivity contribution in [1.29, 1.82) is 0 Å². The van der Waals surface area contributed by atoms with E-state index in [2.05, 4.69) is 4.84 Å². The molecule has 4 nitrogen and oxygen atoms in total. The molecule has 0 unspecified atom stereocenters. The largest absolute Gasteiger partial charge is 0.418 e. The monoisotopic (exact) mass is 236 g/mol. The Hall–Kier alpha value is -1.50. The molecule has 1 rings (SSSR count). The van der Waals surface area contributed by atoms with Crippen LogP contribution in [0.5, 0.6) is 0 Å². The van der Waals surface area contributed by atoms with E-state index in [1.165, 1.54) is 25.8 Å². The van der Waals surface area contributed by atoms with Crippen molar-refractivity contribution in [3.05, 3.63) is 23.5 Å². The molecule has 0 atom stereocenters. The Kier molecular flexibility index (Phi) is 3.27. The first kappa shape index (κ1) is 12.6. The van der Waals surface area contributed by atoms with Crippen molar-refractivity contribution in [2.45, 2.75) is 6.18 Å². The van der Waals surface area contributed by atoms with E-state index < -0.39 is 23.2 Å². The van der Waals surface area contributed by atoms with Crippen LogP contribution in [-0.4, -0.2) is 29.7 Å². The zero-order valence-corrected chi connectivity index (χ0v) is 9.00. The lowest BCUT2D eigenvalue weighted by Crippen LogP contribution is -2.27. The second-order valence-electron chi connectivity index (χ2n) is 3.23. The molecule has 7 heteroatoms. The molecule has 90 valence electrons. The summed E-state index contributed by atoms with van der Waals surface area (Å²) in [7, 11) is 3.86. The number of amides is 1. The third kappa shape index (κ3) is 2.35. The first-order valence-corrected chi connectivity index (χ1v) is 4.32. The summed E-state index contributed by atoms with van der Waals surface area (Å²) in [5.74, 6) is -0.838. The van der Waals surface area contributed by atoms with Gasteiger partial charge in [0.25, 0.3) is 5.91 Å². The van der Waals surface area contributed by atoms with Gasteiger partial charge < -0.3 is 4.57 Å². The number of hydrogen-bond donors (Lipinski definition) is 0. The van der Waals surface area contributed by atoms with Crippen LogP contribution in [-0.2, 0) is 18.1 Å². The normalized spacial score (nSPS) is 11.6. The van der Waals surface area contributed by atoms with Crippen molar-refractivity contribution >= 4 is 5.91 Å². The summed E-state index contributed by atoms with van der Waals surface area (Å²) in [5, 5.41) is 0.741. The molecule has 0 spiro atoms. The van der Waals surface area contributed by atoms with Crippen molar-refractivity contribution < 1.29 is 22.8 Å². The molecule has 1 amide bonds. The highest BCUT2D eigenvalue weighted by atomic mass is 19.4. The van der Waals surface area contributed by atoms with Crippen LogP contribution < -0.4 is 0 Å². The quantitative estimate of drug-likeness (QED) is 0.732. The van der Waals surface area contributed by atoms with Gasteiger partial charge in [-0.1, -0.05) is 0 Å². The molecule has 0 aliphatic carbocycles. The summed E-state index contributed by atoms with van der Waals surface area (Å²) in [6.45, 7) is 0. The average molecular weight is 236 g/mol. The maximum Gasteiger partial charge on any atom is 0.418 e. The van der Waals surface area contributed by atoms with Gasteiger partial charge in [-0.3, -0.25) is 9.63 Å². The topological polar surface area (TPSA) is 34.5 Å². The summed E-state index contributed by atoms with van der Waals surface area (Å²) >= 11 is 0. The number of hydrogen-bond acceptors (Lipinski definition) is 2. The molecular weight excluding hydrogens is 225 g/mol.